The van der Waals surface area contributed by atoms with Crippen molar-refractivity contribution in [2.45, 2.75) is 150 Å². The number of hydrogen-bond donors (Lipinski definition) is 0. The monoisotopic (exact) mass is 1150 g/mol. The lowest BCUT2D eigenvalue weighted by Crippen LogP contribution is -2.64. The minimum atomic E-state index is -2.02. The van der Waals surface area contributed by atoms with Crippen molar-refractivity contribution in [2.75, 3.05) is 9.80 Å². The lowest BCUT2D eigenvalue weighted by atomic mass is 9.33. The molecule has 9 aromatic rings. The van der Waals surface area contributed by atoms with Crippen LogP contribution in [-0.4, -0.2) is 25.4 Å². The van der Waals surface area contributed by atoms with Crippen molar-refractivity contribution in [3.63, 3.8) is 0 Å². The highest BCUT2D eigenvalue weighted by molar-refractivity contribution is 7.01. The van der Waals surface area contributed by atoms with Gasteiger partial charge in [0.05, 0.1) is 41.8 Å². The van der Waals surface area contributed by atoms with Crippen LogP contribution in [0.1, 0.15) is 136 Å². The van der Waals surface area contributed by atoms with Crippen LogP contribution in [-0.2, 0) is 10.8 Å². The van der Waals surface area contributed by atoms with Gasteiger partial charge in [0, 0.05) is 56.3 Å². The van der Waals surface area contributed by atoms with Crippen LogP contribution in [0.15, 0.2) is 205 Å². The molecule has 4 atom stereocenters. The number of aromatic nitrogens is 1. The zero-order chi connectivity index (χ0) is 66.6. The zero-order valence-corrected chi connectivity index (χ0v) is 53.7. The second-order valence-corrected chi connectivity index (χ2v) is 34.8. The van der Waals surface area contributed by atoms with Crippen molar-refractivity contribution in [1.29, 1.82) is 0 Å². The van der Waals surface area contributed by atoms with Crippen molar-refractivity contribution < 1.29 is 11.0 Å². The van der Waals surface area contributed by atoms with E-state index in [9.17, 15) is 8.22 Å². The fourth-order valence-electron chi connectivity index (χ4n) is 15.3. The molecule has 3 aliphatic carbocycles. The Kier molecular flexibility index (Phi) is 11.8. The summed E-state index contributed by atoms with van der Waals surface area (Å²) in [4.78, 5) is 5.44. The molecule has 5 heteroatoms. The SMILES string of the molecule is [2H]c1c([2H])c([2H])c2c(c1[2H])c1c([2H])c([2H])c([2H])c([2H])c1n2-c1ccc2c(c1)N(c1c(-c3ccccc3)cc(C(C)(C)C)cc1-c1ccccc1)c1cc(C(C)(C)C)cc3c1B2c1cc([Si](C)(C)C)ccc1N3C1C(C2CC=CCC2)=CC(C(C)(C)C)CC1C1=CCCCC1. The number of rotatable bonds is 8. The highest BCUT2D eigenvalue weighted by Crippen LogP contribution is 2.55. The molecule has 3 nitrogen and oxygen atoms in total. The predicted octanol–water partition coefficient (Wildman–Crippen LogP) is 19.8. The smallest absolute Gasteiger partial charge is 0.252 e. The highest BCUT2D eigenvalue weighted by Gasteiger charge is 2.51. The molecule has 0 radical (unpaired) electrons. The number of anilines is 5. The number of allylic oxidation sites excluding steroid dienone is 4. The molecule has 4 unspecified atom stereocenters. The van der Waals surface area contributed by atoms with E-state index in [1.54, 1.807) is 15.7 Å². The zero-order valence-electron chi connectivity index (χ0n) is 60.7. The average molecular weight is 1150 g/mol. The van der Waals surface area contributed by atoms with E-state index in [0.29, 0.717) is 17.5 Å². The van der Waals surface area contributed by atoms with Crippen LogP contribution in [0.3, 0.4) is 0 Å². The maximum Gasteiger partial charge on any atom is 0.252 e. The van der Waals surface area contributed by atoms with Crippen LogP contribution in [0.5, 0.6) is 0 Å². The number of nitrogens with zero attached hydrogens (tertiary/aromatic N) is 3. The molecule has 5 aliphatic rings. The van der Waals surface area contributed by atoms with Gasteiger partial charge in [0.25, 0.3) is 6.71 Å². The summed E-state index contributed by atoms with van der Waals surface area (Å²) in [6.45, 7) is 28.3. The summed E-state index contributed by atoms with van der Waals surface area (Å²) in [5.41, 5.74) is 18.8. The molecule has 0 N–H and O–H groups in total. The van der Waals surface area contributed by atoms with Crippen molar-refractivity contribution in [2.24, 2.45) is 23.2 Å². The topological polar surface area (TPSA) is 11.4 Å². The summed E-state index contributed by atoms with van der Waals surface area (Å²) in [6.07, 6.45) is 19.2. The first-order chi connectivity index (χ1) is 44.5. The summed E-state index contributed by atoms with van der Waals surface area (Å²) in [6, 6.07) is 42.3. The van der Waals surface area contributed by atoms with Gasteiger partial charge in [0.2, 0.25) is 0 Å². The lowest BCUT2D eigenvalue weighted by Gasteiger charge is -2.53. The fourth-order valence-corrected chi connectivity index (χ4v) is 16.4. The largest absolute Gasteiger partial charge is 0.334 e. The summed E-state index contributed by atoms with van der Waals surface area (Å²) < 4.78 is 76.6. The molecular formula is C81H88BN3Si. The van der Waals surface area contributed by atoms with Crippen molar-refractivity contribution in [1.82, 2.24) is 4.57 Å². The molecule has 14 rings (SSSR count). The minimum Gasteiger partial charge on any atom is -0.334 e. The Morgan fingerprint density at radius 1 is 0.593 bits per heavy atom. The van der Waals surface area contributed by atoms with E-state index >= 15 is 0 Å². The number of hydrogen-bond acceptors (Lipinski definition) is 2. The Labute approximate surface area is 526 Å². The van der Waals surface area contributed by atoms with Gasteiger partial charge < -0.3 is 14.4 Å². The maximum atomic E-state index is 9.75. The Balaban J connectivity index is 1.19. The van der Waals surface area contributed by atoms with Crippen molar-refractivity contribution >= 4 is 86.6 Å². The number of para-hydroxylation sites is 2. The molecule has 434 valence electrons. The van der Waals surface area contributed by atoms with Gasteiger partial charge in [-0.15, -0.1) is 0 Å². The van der Waals surface area contributed by atoms with Gasteiger partial charge in [-0.05, 0) is 178 Å². The van der Waals surface area contributed by atoms with E-state index in [1.807, 2.05) is 6.07 Å². The minimum absolute atomic E-state index is 0.0221. The predicted molar refractivity (Wildman–Crippen MR) is 376 cm³/mol. The first-order valence-electron chi connectivity index (χ1n) is 36.0. The molecule has 0 spiro atoms. The van der Waals surface area contributed by atoms with Gasteiger partial charge in [-0.25, -0.2) is 0 Å². The molecule has 2 aliphatic heterocycles. The van der Waals surface area contributed by atoms with Crippen LogP contribution >= 0.6 is 0 Å². The molecule has 0 saturated carbocycles. The molecule has 1 aromatic heterocycles. The van der Waals surface area contributed by atoms with Crippen LogP contribution in [0.25, 0.3) is 49.7 Å². The van der Waals surface area contributed by atoms with E-state index in [0.717, 1.165) is 83.3 Å². The molecule has 0 saturated heterocycles. The van der Waals surface area contributed by atoms with Crippen LogP contribution in [0, 0.1) is 23.2 Å². The van der Waals surface area contributed by atoms with Gasteiger partial charge in [-0.3, -0.25) is 0 Å². The molecule has 3 heterocycles. The van der Waals surface area contributed by atoms with Crippen LogP contribution < -0.4 is 31.4 Å². The van der Waals surface area contributed by atoms with E-state index in [2.05, 4.69) is 231 Å². The molecular weight excluding hydrogens is 1050 g/mol. The molecule has 0 bridgehead atoms. The van der Waals surface area contributed by atoms with E-state index in [4.69, 9.17) is 2.74 Å². The normalized spacial score (nSPS) is 21.0. The van der Waals surface area contributed by atoms with Crippen molar-refractivity contribution in [3.8, 4) is 27.9 Å². The van der Waals surface area contributed by atoms with E-state index < -0.39 is 32.2 Å². The quantitative estimate of drug-likeness (QED) is 0.111. The summed E-state index contributed by atoms with van der Waals surface area (Å²) in [5.74, 6) is 1.02. The first-order valence-corrected chi connectivity index (χ1v) is 35.5. The third-order valence-electron chi connectivity index (χ3n) is 20.0. The Hall–Kier alpha value is -7.34. The number of fused-ring (bicyclic) bond motifs is 7. The van der Waals surface area contributed by atoms with E-state index in [-0.39, 0.29) is 80.9 Å². The standard InChI is InChI=1S/C81H88BN3Si/c1-79(2,3)57-45-64(53-29-17-13-18-30-53)77(65(46-57)54-31-19-14-20-32-54)84-72-44-42-61(86(10,11)12)52-69(72)82-68-43-41-60(83-70-39-27-25-37-62(70)63-38-26-28-40-71(63)83)51-73(68)85(75-50-59(81(7,8)9)49-74(84)76(75)82)78-66(55-33-21-15-22-34-55)47-58(80(4,5)6)48-67(78)56-35-23-16-24-36-56/h13,15-17,21-28,31,33-45,47-53,57,65,77H,14,18-20,29-30,32,46H2,1-12H3/i25D,26D,27D,28D,37D,38D,39D,40D. The third-order valence-corrected chi connectivity index (χ3v) is 22.1. The van der Waals surface area contributed by atoms with Gasteiger partial charge in [0.15, 0.2) is 0 Å². The van der Waals surface area contributed by atoms with Gasteiger partial charge in [-0.2, -0.15) is 0 Å². The fraction of sp³-hybridized carbons (Fsp3) is 0.333. The highest BCUT2D eigenvalue weighted by atomic mass is 28.3. The van der Waals surface area contributed by atoms with Crippen LogP contribution in [0.2, 0.25) is 19.6 Å². The summed E-state index contributed by atoms with van der Waals surface area (Å²) in [7, 11) is -2.02. The first kappa shape index (κ1) is 47.8. The lowest BCUT2D eigenvalue weighted by molar-refractivity contribution is 0.220. The summed E-state index contributed by atoms with van der Waals surface area (Å²) in [5, 5.41) is 1.49. The molecule has 0 amide bonds. The maximum absolute atomic E-state index is 9.75. The molecule has 0 fully saturated rings. The third kappa shape index (κ3) is 9.70. The van der Waals surface area contributed by atoms with Gasteiger partial charge >= 0.3 is 0 Å². The molecule has 86 heavy (non-hydrogen) atoms. The Morgan fingerprint density at radius 2 is 1.22 bits per heavy atom. The van der Waals surface area contributed by atoms with Crippen molar-refractivity contribution in [3.05, 3.63) is 216 Å². The second-order valence-electron chi connectivity index (χ2n) is 29.7. The van der Waals surface area contributed by atoms with E-state index in [1.165, 1.54) is 51.5 Å². The molecule has 8 aromatic carbocycles. The Morgan fingerprint density at radius 3 is 1.80 bits per heavy atom. The number of benzene rings is 8. The van der Waals surface area contributed by atoms with Gasteiger partial charge in [-0.1, -0.05) is 232 Å². The Bertz CT molecular complexity index is 4550. The van der Waals surface area contributed by atoms with Gasteiger partial charge in [0.1, 0.15) is 0 Å². The second kappa shape index (κ2) is 21.2. The summed E-state index contributed by atoms with van der Waals surface area (Å²) >= 11 is 0. The van der Waals surface area contributed by atoms with Crippen LogP contribution in [0.4, 0.5) is 28.4 Å². The average Bonchev–Trinajstić information content (AvgIpc) is 0.919.